The summed E-state index contributed by atoms with van der Waals surface area (Å²) in [7, 11) is 0. The van der Waals surface area contributed by atoms with E-state index in [-0.39, 0.29) is 6.61 Å². The Morgan fingerprint density at radius 1 is 1.07 bits per heavy atom. The molecule has 2 rings (SSSR count). The van der Waals surface area contributed by atoms with Crippen molar-refractivity contribution in [3.8, 4) is 11.5 Å². The number of hydrogen-bond acceptors (Lipinski definition) is 4. The van der Waals surface area contributed by atoms with Gasteiger partial charge in [-0.3, -0.25) is 20.4 Å². The molecule has 0 aliphatic carbocycles. The van der Waals surface area contributed by atoms with Crippen LogP contribution in [0.15, 0.2) is 42.5 Å². The van der Waals surface area contributed by atoms with E-state index in [2.05, 4.69) is 24.7 Å². The fourth-order valence-electron chi connectivity index (χ4n) is 2.65. The van der Waals surface area contributed by atoms with Gasteiger partial charge in [0.05, 0.1) is 0 Å². The Hall–Kier alpha value is -2.73. The van der Waals surface area contributed by atoms with Gasteiger partial charge in [0.25, 0.3) is 11.8 Å². The molecule has 2 unspecified atom stereocenters. The number of halogens is 1. The second kappa shape index (κ2) is 10.7. The summed E-state index contributed by atoms with van der Waals surface area (Å²) in [5.41, 5.74) is 6.55. The number of ether oxygens (including phenoxy) is 2. The van der Waals surface area contributed by atoms with Crippen LogP contribution in [-0.4, -0.2) is 24.5 Å². The maximum Gasteiger partial charge on any atom is 0.279 e. The number of hydrogen-bond donors (Lipinski definition) is 2. The van der Waals surface area contributed by atoms with Crippen molar-refractivity contribution >= 4 is 23.4 Å². The summed E-state index contributed by atoms with van der Waals surface area (Å²) in [5, 5.41) is 0.593. The lowest BCUT2D eigenvalue weighted by atomic mass is 9.98. The molecule has 2 aromatic carbocycles. The number of carbonyl (C=O) groups is 2. The number of carbonyl (C=O) groups excluding carboxylic acids is 2. The Balaban J connectivity index is 1.83. The van der Waals surface area contributed by atoms with Crippen molar-refractivity contribution in [3.05, 3.63) is 58.6 Å². The zero-order chi connectivity index (χ0) is 21.4. The first-order valence-electron chi connectivity index (χ1n) is 9.55. The van der Waals surface area contributed by atoms with Gasteiger partial charge in [0, 0.05) is 5.02 Å². The van der Waals surface area contributed by atoms with Crippen molar-refractivity contribution < 1.29 is 19.1 Å². The van der Waals surface area contributed by atoms with E-state index in [1.54, 1.807) is 25.1 Å². The molecule has 0 saturated heterocycles. The summed E-state index contributed by atoms with van der Waals surface area (Å²) < 4.78 is 11.3. The normalized spacial score (nSPS) is 12.6. The first-order valence-corrected chi connectivity index (χ1v) is 9.92. The van der Waals surface area contributed by atoms with Gasteiger partial charge >= 0.3 is 0 Å². The maximum atomic E-state index is 12.3. The Kier molecular flexibility index (Phi) is 8.34. The molecule has 0 spiro atoms. The van der Waals surface area contributed by atoms with Crippen LogP contribution in [0.2, 0.25) is 5.02 Å². The highest BCUT2D eigenvalue weighted by molar-refractivity contribution is 6.30. The second-order valence-corrected chi connectivity index (χ2v) is 7.28. The zero-order valence-electron chi connectivity index (χ0n) is 17.1. The highest BCUT2D eigenvalue weighted by Crippen LogP contribution is 2.29. The summed E-state index contributed by atoms with van der Waals surface area (Å²) in [4.78, 5) is 24.2. The maximum absolute atomic E-state index is 12.3. The number of benzene rings is 2. The van der Waals surface area contributed by atoms with Gasteiger partial charge in [0.2, 0.25) is 0 Å². The molecule has 156 valence electrons. The molecule has 0 aliphatic heterocycles. The minimum absolute atomic E-state index is 0.241. The molecule has 0 fully saturated rings. The van der Waals surface area contributed by atoms with E-state index >= 15 is 0 Å². The predicted octanol–water partition coefficient (Wildman–Crippen LogP) is 4.16. The predicted molar refractivity (Wildman–Crippen MR) is 113 cm³/mol. The Bertz CT molecular complexity index is 856. The standard InChI is InChI=1S/C22H27ClN2O4/c1-5-14(2)18-8-6-7-9-20(18)29-16(4)22(27)25-24-21(26)13-28-19-11-10-17(23)12-15(19)3/h6-12,14,16H,5,13H2,1-4H3,(H,24,26)(H,25,27). The Labute approximate surface area is 176 Å². The molecule has 7 heteroatoms. The number of hydrazine groups is 1. The monoisotopic (exact) mass is 418 g/mol. The summed E-state index contributed by atoms with van der Waals surface area (Å²) in [5.74, 6) is 0.584. The summed E-state index contributed by atoms with van der Waals surface area (Å²) >= 11 is 5.89. The van der Waals surface area contributed by atoms with E-state index in [0.29, 0.717) is 22.4 Å². The van der Waals surface area contributed by atoms with Crippen molar-refractivity contribution in [1.29, 1.82) is 0 Å². The second-order valence-electron chi connectivity index (χ2n) is 6.84. The third-order valence-corrected chi connectivity index (χ3v) is 4.79. The highest BCUT2D eigenvalue weighted by Gasteiger charge is 2.18. The lowest BCUT2D eigenvalue weighted by Crippen LogP contribution is -2.48. The average Bonchev–Trinajstić information content (AvgIpc) is 2.71. The van der Waals surface area contributed by atoms with Gasteiger partial charge in [-0.1, -0.05) is 43.6 Å². The first-order chi connectivity index (χ1) is 13.8. The molecular weight excluding hydrogens is 392 g/mol. The number of para-hydroxylation sites is 1. The molecule has 2 amide bonds. The van der Waals surface area contributed by atoms with E-state index in [0.717, 1.165) is 17.5 Å². The fourth-order valence-corrected chi connectivity index (χ4v) is 2.87. The molecule has 29 heavy (non-hydrogen) atoms. The molecule has 0 radical (unpaired) electrons. The quantitative estimate of drug-likeness (QED) is 0.631. The number of aryl methyl sites for hydroxylation is 1. The summed E-state index contributed by atoms with van der Waals surface area (Å²) in [6.45, 7) is 7.42. The third-order valence-electron chi connectivity index (χ3n) is 4.56. The van der Waals surface area contributed by atoms with E-state index in [9.17, 15) is 9.59 Å². The van der Waals surface area contributed by atoms with Crippen LogP contribution >= 0.6 is 11.6 Å². The smallest absolute Gasteiger partial charge is 0.279 e. The van der Waals surface area contributed by atoms with Gasteiger partial charge < -0.3 is 9.47 Å². The number of nitrogens with one attached hydrogen (secondary N) is 2. The van der Waals surface area contributed by atoms with E-state index in [1.807, 2.05) is 31.2 Å². The van der Waals surface area contributed by atoms with Crippen LogP contribution in [0.4, 0.5) is 0 Å². The van der Waals surface area contributed by atoms with E-state index in [1.165, 1.54) is 0 Å². The van der Waals surface area contributed by atoms with Crippen molar-refractivity contribution in [3.63, 3.8) is 0 Å². The topological polar surface area (TPSA) is 76.7 Å². The van der Waals surface area contributed by atoms with Gasteiger partial charge in [0.1, 0.15) is 11.5 Å². The largest absolute Gasteiger partial charge is 0.483 e. The molecular formula is C22H27ClN2O4. The van der Waals surface area contributed by atoms with E-state index < -0.39 is 17.9 Å². The SMILES string of the molecule is CCC(C)c1ccccc1OC(C)C(=O)NNC(=O)COc1ccc(Cl)cc1C. The molecule has 0 aliphatic rings. The van der Waals surface area contributed by atoms with Crippen LogP contribution in [0.1, 0.15) is 44.2 Å². The van der Waals surface area contributed by atoms with Gasteiger partial charge in [-0.25, -0.2) is 0 Å². The Morgan fingerprint density at radius 3 is 2.48 bits per heavy atom. The van der Waals surface area contributed by atoms with Gasteiger partial charge in [-0.2, -0.15) is 0 Å². The lowest BCUT2D eigenvalue weighted by Gasteiger charge is -2.19. The molecule has 2 atom stereocenters. The van der Waals surface area contributed by atoms with Crippen LogP contribution in [0, 0.1) is 6.92 Å². The minimum Gasteiger partial charge on any atom is -0.483 e. The molecule has 0 bridgehead atoms. The third kappa shape index (κ3) is 6.68. The molecule has 2 aromatic rings. The van der Waals surface area contributed by atoms with Crippen molar-refractivity contribution in [2.45, 2.75) is 46.1 Å². The summed E-state index contributed by atoms with van der Waals surface area (Å²) in [6.07, 6.45) is 0.185. The van der Waals surface area contributed by atoms with Crippen LogP contribution < -0.4 is 20.3 Å². The van der Waals surface area contributed by atoms with Crippen LogP contribution in [0.3, 0.4) is 0 Å². The molecule has 0 aromatic heterocycles. The summed E-state index contributed by atoms with van der Waals surface area (Å²) in [6, 6.07) is 12.8. The lowest BCUT2D eigenvalue weighted by molar-refractivity contribution is -0.133. The van der Waals surface area contributed by atoms with Gasteiger partial charge in [-0.05, 0) is 61.6 Å². The van der Waals surface area contributed by atoms with Crippen molar-refractivity contribution in [1.82, 2.24) is 10.9 Å². The molecule has 0 saturated carbocycles. The Morgan fingerprint density at radius 2 is 1.79 bits per heavy atom. The van der Waals surface area contributed by atoms with Crippen LogP contribution in [-0.2, 0) is 9.59 Å². The first kappa shape index (κ1) is 22.6. The van der Waals surface area contributed by atoms with Gasteiger partial charge in [-0.15, -0.1) is 0 Å². The number of rotatable bonds is 8. The van der Waals surface area contributed by atoms with E-state index in [4.69, 9.17) is 21.1 Å². The molecule has 0 heterocycles. The van der Waals surface area contributed by atoms with Crippen LogP contribution in [0.5, 0.6) is 11.5 Å². The van der Waals surface area contributed by atoms with Crippen molar-refractivity contribution in [2.24, 2.45) is 0 Å². The number of amides is 2. The zero-order valence-corrected chi connectivity index (χ0v) is 17.9. The minimum atomic E-state index is -0.778. The highest BCUT2D eigenvalue weighted by atomic mass is 35.5. The molecule has 6 nitrogen and oxygen atoms in total. The van der Waals surface area contributed by atoms with Crippen LogP contribution in [0.25, 0.3) is 0 Å². The van der Waals surface area contributed by atoms with Gasteiger partial charge in [0.15, 0.2) is 12.7 Å². The fraction of sp³-hybridized carbons (Fsp3) is 0.364. The van der Waals surface area contributed by atoms with Crippen molar-refractivity contribution in [2.75, 3.05) is 6.61 Å². The average molecular weight is 419 g/mol. The molecule has 2 N–H and O–H groups in total.